The molecule has 0 aliphatic heterocycles. The highest BCUT2D eigenvalue weighted by Crippen LogP contribution is 2.28. The Morgan fingerprint density at radius 2 is 1.93 bits per heavy atom. The number of aromatic hydroxyl groups is 1. The van der Waals surface area contributed by atoms with Crippen LogP contribution in [0.15, 0.2) is 18.2 Å². The molecule has 0 spiro atoms. The largest absolute Gasteiger partial charge is 0.505 e. The van der Waals surface area contributed by atoms with Crippen LogP contribution in [0.2, 0.25) is 0 Å². The summed E-state index contributed by atoms with van der Waals surface area (Å²) in [5.41, 5.74) is -0.725. The van der Waals surface area contributed by atoms with Gasteiger partial charge in [0, 0.05) is 0 Å². The van der Waals surface area contributed by atoms with E-state index in [0.29, 0.717) is 12.2 Å². The van der Waals surface area contributed by atoms with Gasteiger partial charge in [0.1, 0.15) is 17.2 Å². The molecular formula is C18H26N2O6S. The molecule has 0 aliphatic rings. The van der Waals surface area contributed by atoms with Gasteiger partial charge in [0.25, 0.3) is 0 Å². The maximum Gasteiger partial charge on any atom is 0.408 e. The van der Waals surface area contributed by atoms with Gasteiger partial charge in [-0.15, -0.1) is 0 Å². The van der Waals surface area contributed by atoms with Crippen molar-refractivity contribution in [2.24, 2.45) is 0 Å². The molecule has 27 heavy (non-hydrogen) atoms. The van der Waals surface area contributed by atoms with E-state index in [2.05, 4.69) is 15.4 Å². The van der Waals surface area contributed by atoms with E-state index in [4.69, 9.17) is 4.74 Å². The summed E-state index contributed by atoms with van der Waals surface area (Å²) >= 11 is 1.52. The lowest BCUT2D eigenvalue weighted by Crippen LogP contribution is -2.46. The lowest BCUT2D eigenvalue weighted by Gasteiger charge is -2.23. The zero-order chi connectivity index (χ0) is 20.6. The number of nitrogens with one attached hydrogen (secondary N) is 2. The van der Waals surface area contributed by atoms with Gasteiger partial charge in [-0.25, -0.2) is 9.59 Å². The van der Waals surface area contributed by atoms with Crippen LogP contribution in [0.4, 0.5) is 10.5 Å². The maximum absolute atomic E-state index is 12.6. The quantitative estimate of drug-likeness (QED) is 0.478. The first kappa shape index (κ1) is 22.6. The number of amides is 2. The van der Waals surface area contributed by atoms with Crippen LogP contribution in [0, 0.1) is 0 Å². The van der Waals surface area contributed by atoms with Crippen molar-refractivity contribution in [3.8, 4) is 5.75 Å². The summed E-state index contributed by atoms with van der Waals surface area (Å²) in [5, 5.41) is 15.3. The lowest BCUT2D eigenvalue weighted by molar-refractivity contribution is -0.118. The second-order valence-corrected chi connectivity index (χ2v) is 7.65. The van der Waals surface area contributed by atoms with Gasteiger partial charge in [0.05, 0.1) is 12.8 Å². The van der Waals surface area contributed by atoms with E-state index in [9.17, 15) is 19.5 Å². The molecular weight excluding hydrogens is 372 g/mol. The number of alkyl carbamates (subject to hydrolysis) is 1. The molecule has 2 amide bonds. The third kappa shape index (κ3) is 7.38. The summed E-state index contributed by atoms with van der Waals surface area (Å²) in [7, 11) is 1.19. The van der Waals surface area contributed by atoms with Gasteiger partial charge in [-0.2, -0.15) is 11.8 Å². The molecule has 1 atom stereocenters. The number of benzene rings is 1. The summed E-state index contributed by atoms with van der Waals surface area (Å²) < 4.78 is 9.78. The first-order valence-corrected chi connectivity index (χ1v) is 9.68. The minimum Gasteiger partial charge on any atom is -0.505 e. The second-order valence-electron chi connectivity index (χ2n) is 6.66. The standard InChI is InChI=1S/C18H26N2O6S/c1-18(2,3)26-17(24)20-13(9-10-27-5)15(22)19-12-8-6-7-11(14(12)21)16(23)25-4/h6-8,13,21H,9-10H2,1-5H3,(H,19,22)(H,20,24). The number of thioether (sulfide) groups is 1. The number of phenols is 1. The van der Waals surface area contributed by atoms with E-state index in [-0.39, 0.29) is 11.3 Å². The molecule has 0 saturated heterocycles. The van der Waals surface area contributed by atoms with Crippen LogP contribution in [-0.4, -0.2) is 53.8 Å². The third-order valence-electron chi connectivity index (χ3n) is 3.32. The van der Waals surface area contributed by atoms with E-state index >= 15 is 0 Å². The Bertz CT molecular complexity index is 687. The van der Waals surface area contributed by atoms with Crippen molar-refractivity contribution in [1.29, 1.82) is 0 Å². The molecule has 0 fully saturated rings. The summed E-state index contributed by atoms with van der Waals surface area (Å²) in [4.78, 5) is 36.3. The Morgan fingerprint density at radius 3 is 2.48 bits per heavy atom. The highest BCUT2D eigenvalue weighted by molar-refractivity contribution is 7.98. The average Bonchev–Trinajstić information content (AvgIpc) is 2.58. The van der Waals surface area contributed by atoms with Crippen molar-refractivity contribution < 1.29 is 29.0 Å². The van der Waals surface area contributed by atoms with Crippen molar-refractivity contribution in [2.45, 2.75) is 38.8 Å². The first-order valence-electron chi connectivity index (χ1n) is 8.28. The predicted molar refractivity (Wildman–Crippen MR) is 104 cm³/mol. The molecule has 1 aromatic rings. The number of hydrogen-bond acceptors (Lipinski definition) is 7. The maximum atomic E-state index is 12.6. The van der Waals surface area contributed by atoms with Gasteiger partial charge in [-0.05, 0) is 51.3 Å². The van der Waals surface area contributed by atoms with Crippen LogP contribution in [0.1, 0.15) is 37.6 Å². The van der Waals surface area contributed by atoms with E-state index in [1.54, 1.807) is 20.8 Å². The number of rotatable bonds is 7. The molecule has 8 nitrogen and oxygen atoms in total. The molecule has 0 saturated carbocycles. The molecule has 9 heteroatoms. The number of phenolic OH excluding ortho intramolecular Hbond substituents is 1. The van der Waals surface area contributed by atoms with Crippen LogP contribution >= 0.6 is 11.8 Å². The van der Waals surface area contributed by atoms with Gasteiger partial charge in [0.15, 0.2) is 5.75 Å². The number of methoxy groups -OCH3 is 1. The summed E-state index contributed by atoms with van der Waals surface area (Å²) in [6.07, 6.45) is 1.54. The zero-order valence-electron chi connectivity index (χ0n) is 16.1. The monoisotopic (exact) mass is 398 g/mol. The number of hydrogen-bond donors (Lipinski definition) is 3. The number of carbonyl (C=O) groups excluding carboxylic acids is 3. The predicted octanol–water partition coefficient (Wildman–Crippen LogP) is 2.76. The Balaban J connectivity index is 2.94. The van der Waals surface area contributed by atoms with Crippen LogP contribution in [0.5, 0.6) is 5.75 Å². The van der Waals surface area contributed by atoms with Gasteiger partial charge >= 0.3 is 12.1 Å². The van der Waals surface area contributed by atoms with Crippen molar-refractivity contribution in [1.82, 2.24) is 5.32 Å². The second kappa shape index (κ2) is 10.1. The molecule has 1 aromatic carbocycles. The SMILES string of the molecule is COC(=O)c1cccc(NC(=O)C(CCSC)NC(=O)OC(C)(C)C)c1O. The van der Waals surface area contributed by atoms with Gasteiger partial charge < -0.3 is 25.2 Å². The van der Waals surface area contributed by atoms with Crippen LogP contribution in [0.25, 0.3) is 0 Å². The Labute approximate surface area is 163 Å². The van der Waals surface area contributed by atoms with E-state index in [1.165, 1.54) is 37.1 Å². The fourth-order valence-electron chi connectivity index (χ4n) is 2.09. The highest BCUT2D eigenvalue weighted by atomic mass is 32.2. The minimum absolute atomic E-state index is 0.0445. The molecule has 1 rings (SSSR count). The average molecular weight is 398 g/mol. The highest BCUT2D eigenvalue weighted by Gasteiger charge is 2.25. The van der Waals surface area contributed by atoms with Gasteiger partial charge in [0.2, 0.25) is 5.91 Å². The van der Waals surface area contributed by atoms with E-state index < -0.39 is 35.4 Å². The lowest BCUT2D eigenvalue weighted by atomic mass is 10.1. The van der Waals surface area contributed by atoms with Crippen LogP contribution in [0.3, 0.4) is 0 Å². The summed E-state index contributed by atoms with van der Waals surface area (Å²) in [6, 6.07) is 3.45. The van der Waals surface area contributed by atoms with E-state index in [1.807, 2.05) is 6.26 Å². The summed E-state index contributed by atoms with van der Waals surface area (Å²) in [6.45, 7) is 5.17. The van der Waals surface area contributed by atoms with Crippen molar-refractivity contribution >= 4 is 35.4 Å². The van der Waals surface area contributed by atoms with Crippen molar-refractivity contribution in [2.75, 3.05) is 24.4 Å². The molecule has 0 aromatic heterocycles. The zero-order valence-corrected chi connectivity index (χ0v) is 16.9. The molecule has 0 aliphatic carbocycles. The normalized spacial score (nSPS) is 12.0. The fourth-order valence-corrected chi connectivity index (χ4v) is 2.56. The number of anilines is 1. The van der Waals surface area contributed by atoms with E-state index in [0.717, 1.165) is 0 Å². The van der Waals surface area contributed by atoms with Crippen molar-refractivity contribution in [3.63, 3.8) is 0 Å². The van der Waals surface area contributed by atoms with Gasteiger partial charge in [-0.3, -0.25) is 4.79 Å². The topological polar surface area (TPSA) is 114 Å². The number of carbonyl (C=O) groups is 3. The minimum atomic E-state index is -0.867. The van der Waals surface area contributed by atoms with Crippen molar-refractivity contribution in [3.05, 3.63) is 23.8 Å². The summed E-state index contributed by atoms with van der Waals surface area (Å²) in [5.74, 6) is -1.04. The fraction of sp³-hybridized carbons (Fsp3) is 0.500. The Kier molecular flexibility index (Phi) is 8.42. The number of ether oxygens (including phenoxy) is 2. The molecule has 0 bridgehead atoms. The molecule has 1 unspecified atom stereocenters. The first-order chi connectivity index (χ1) is 12.6. The Hall–Kier alpha value is -2.42. The third-order valence-corrected chi connectivity index (χ3v) is 3.96. The van der Waals surface area contributed by atoms with Gasteiger partial charge in [-0.1, -0.05) is 6.07 Å². The van der Waals surface area contributed by atoms with Crippen LogP contribution < -0.4 is 10.6 Å². The van der Waals surface area contributed by atoms with Crippen LogP contribution in [-0.2, 0) is 14.3 Å². The smallest absolute Gasteiger partial charge is 0.408 e. The molecule has 0 heterocycles. The Morgan fingerprint density at radius 1 is 1.26 bits per heavy atom. The molecule has 3 N–H and O–H groups in total. The number of para-hydroxylation sites is 1. The number of esters is 1. The molecule has 150 valence electrons. The molecule has 0 radical (unpaired) electrons.